The van der Waals surface area contributed by atoms with E-state index >= 15 is 0 Å². The molecule has 0 aliphatic carbocycles. The third kappa shape index (κ3) is 2.83. The second-order valence-electron chi connectivity index (χ2n) is 3.80. The Balaban J connectivity index is 1.95. The van der Waals surface area contributed by atoms with E-state index in [1.807, 2.05) is 6.92 Å². The minimum Gasteiger partial charge on any atom is -0.496 e. The summed E-state index contributed by atoms with van der Waals surface area (Å²) in [6.07, 6.45) is 2.05. The molecular formula is C13H17NO. The Morgan fingerprint density at radius 2 is 2.13 bits per heavy atom. The average Bonchev–Trinajstić information content (AvgIpc) is 2.31. The van der Waals surface area contributed by atoms with Gasteiger partial charge in [-0.3, -0.25) is 4.90 Å². The van der Waals surface area contributed by atoms with Crippen LogP contribution in [0, 0.1) is 0 Å². The van der Waals surface area contributed by atoms with Gasteiger partial charge in [-0.1, -0.05) is 30.3 Å². The highest BCUT2D eigenvalue weighted by Gasteiger charge is 2.14. The molecule has 1 aliphatic rings. The van der Waals surface area contributed by atoms with Gasteiger partial charge in [-0.15, -0.1) is 0 Å². The van der Waals surface area contributed by atoms with Crippen molar-refractivity contribution < 1.29 is 4.74 Å². The smallest absolute Gasteiger partial charge is 0.106 e. The molecule has 0 radical (unpaired) electrons. The number of morpholine rings is 1. The Morgan fingerprint density at radius 3 is 2.87 bits per heavy atom. The first-order valence-corrected chi connectivity index (χ1v) is 5.43. The molecule has 0 N–H and O–H groups in total. The highest BCUT2D eigenvalue weighted by atomic mass is 16.5. The van der Waals surface area contributed by atoms with Crippen molar-refractivity contribution in [3.8, 4) is 0 Å². The molecule has 1 aromatic carbocycles. The van der Waals surface area contributed by atoms with Crippen molar-refractivity contribution in [3.63, 3.8) is 0 Å². The van der Waals surface area contributed by atoms with Gasteiger partial charge in [0, 0.05) is 13.1 Å². The first-order valence-electron chi connectivity index (χ1n) is 5.43. The lowest BCUT2D eigenvalue weighted by molar-refractivity contribution is 0.0892. The molecule has 0 amide bonds. The summed E-state index contributed by atoms with van der Waals surface area (Å²) in [6.45, 7) is 5.81. The van der Waals surface area contributed by atoms with Gasteiger partial charge in [0.05, 0.1) is 6.54 Å². The standard InChI is InChI=1S/C13H17NO/c1-2-13-11-14(8-9-15-13)10-12-6-4-3-5-7-12/h2-7H,8-11H2,1H3/b13-2-. The first-order chi connectivity index (χ1) is 7.38. The molecule has 1 fully saturated rings. The summed E-state index contributed by atoms with van der Waals surface area (Å²) in [4.78, 5) is 2.41. The lowest BCUT2D eigenvalue weighted by Gasteiger charge is -2.28. The molecule has 0 spiro atoms. The summed E-state index contributed by atoms with van der Waals surface area (Å²) in [5.74, 6) is 1.09. The minimum absolute atomic E-state index is 0.812. The van der Waals surface area contributed by atoms with E-state index in [1.165, 1.54) is 5.56 Å². The second kappa shape index (κ2) is 4.99. The van der Waals surface area contributed by atoms with Crippen molar-refractivity contribution in [3.05, 3.63) is 47.7 Å². The van der Waals surface area contributed by atoms with Crippen LogP contribution in [0.15, 0.2) is 42.2 Å². The van der Waals surface area contributed by atoms with Crippen LogP contribution in [0.4, 0.5) is 0 Å². The lowest BCUT2D eigenvalue weighted by Crippen LogP contribution is -2.34. The van der Waals surface area contributed by atoms with Crippen molar-refractivity contribution in [1.82, 2.24) is 4.90 Å². The van der Waals surface area contributed by atoms with Crippen LogP contribution in [-0.2, 0) is 11.3 Å². The van der Waals surface area contributed by atoms with Gasteiger partial charge in [-0.25, -0.2) is 0 Å². The maximum atomic E-state index is 5.51. The number of allylic oxidation sites excluding steroid dienone is 1. The predicted molar refractivity (Wildman–Crippen MR) is 61.4 cm³/mol. The first kappa shape index (κ1) is 10.2. The number of benzene rings is 1. The summed E-state index contributed by atoms with van der Waals surface area (Å²) in [7, 11) is 0. The van der Waals surface area contributed by atoms with Crippen LogP contribution in [0.25, 0.3) is 0 Å². The monoisotopic (exact) mass is 203 g/mol. The van der Waals surface area contributed by atoms with Crippen LogP contribution in [0.5, 0.6) is 0 Å². The Kier molecular flexibility index (Phi) is 3.41. The second-order valence-corrected chi connectivity index (χ2v) is 3.80. The molecule has 1 heterocycles. The van der Waals surface area contributed by atoms with Crippen molar-refractivity contribution in [1.29, 1.82) is 0 Å². The molecule has 0 aromatic heterocycles. The molecule has 80 valence electrons. The number of hydrogen-bond donors (Lipinski definition) is 0. The molecule has 2 heteroatoms. The summed E-state index contributed by atoms with van der Waals surface area (Å²) in [5.41, 5.74) is 1.37. The number of nitrogens with zero attached hydrogens (tertiary/aromatic N) is 1. The summed E-state index contributed by atoms with van der Waals surface area (Å²) < 4.78 is 5.51. The normalized spacial score (nSPS) is 20.2. The SMILES string of the molecule is C/C=C1/CN(Cc2ccccc2)CCO1. The van der Waals surface area contributed by atoms with Gasteiger partial charge in [0.15, 0.2) is 0 Å². The van der Waals surface area contributed by atoms with E-state index in [1.54, 1.807) is 0 Å². The van der Waals surface area contributed by atoms with E-state index in [9.17, 15) is 0 Å². The van der Waals surface area contributed by atoms with Crippen molar-refractivity contribution in [2.75, 3.05) is 19.7 Å². The maximum Gasteiger partial charge on any atom is 0.106 e. The van der Waals surface area contributed by atoms with Crippen molar-refractivity contribution in [2.24, 2.45) is 0 Å². The Labute approximate surface area is 91.2 Å². The van der Waals surface area contributed by atoms with Gasteiger partial charge in [0.25, 0.3) is 0 Å². The molecular weight excluding hydrogens is 186 g/mol. The van der Waals surface area contributed by atoms with Crippen LogP contribution in [0.3, 0.4) is 0 Å². The van der Waals surface area contributed by atoms with Crippen molar-refractivity contribution >= 4 is 0 Å². The zero-order valence-electron chi connectivity index (χ0n) is 9.15. The maximum absolute atomic E-state index is 5.51. The zero-order valence-corrected chi connectivity index (χ0v) is 9.15. The van der Waals surface area contributed by atoms with Gasteiger partial charge in [-0.05, 0) is 18.6 Å². The van der Waals surface area contributed by atoms with Gasteiger partial charge < -0.3 is 4.74 Å². The molecule has 0 unspecified atom stereocenters. The highest BCUT2D eigenvalue weighted by Crippen LogP contribution is 2.12. The van der Waals surface area contributed by atoms with Crippen molar-refractivity contribution in [2.45, 2.75) is 13.5 Å². The fourth-order valence-electron chi connectivity index (χ4n) is 1.80. The van der Waals surface area contributed by atoms with Crippen LogP contribution in [0.2, 0.25) is 0 Å². The lowest BCUT2D eigenvalue weighted by atomic mass is 10.2. The van der Waals surface area contributed by atoms with Gasteiger partial charge in [0.1, 0.15) is 12.4 Å². The Hall–Kier alpha value is -1.28. The van der Waals surface area contributed by atoms with Crippen LogP contribution in [0.1, 0.15) is 12.5 Å². The molecule has 0 saturated carbocycles. The molecule has 1 aliphatic heterocycles. The van der Waals surface area contributed by atoms with E-state index < -0.39 is 0 Å². The Morgan fingerprint density at radius 1 is 1.33 bits per heavy atom. The molecule has 0 atom stereocenters. The largest absolute Gasteiger partial charge is 0.496 e. The van der Waals surface area contributed by atoms with E-state index in [-0.39, 0.29) is 0 Å². The molecule has 2 rings (SSSR count). The number of hydrogen-bond acceptors (Lipinski definition) is 2. The molecule has 1 saturated heterocycles. The molecule has 15 heavy (non-hydrogen) atoms. The number of ether oxygens (including phenoxy) is 1. The van der Waals surface area contributed by atoms with Crippen LogP contribution < -0.4 is 0 Å². The zero-order chi connectivity index (χ0) is 10.5. The fourth-order valence-corrected chi connectivity index (χ4v) is 1.80. The van der Waals surface area contributed by atoms with Gasteiger partial charge >= 0.3 is 0 Å². The Bertz CT molecular complexity index is 332. The average molecular weight is 203 g/mol. The third-order valence-electron chi connectivity index (χ3n) is 2.65. The van der Waals surface area contributed by atoms with Crippen LogP contribution in [-0.4, -0.2) is 24.6 Å². The molecule has 2 nitrogen and oxygen atoms in total. The summed E-state index contributed by atoms with van der Waals surface area (Å²) in [5, 5.41) is 0. The van der Waals surface area contributed by atoms with E-state index in [2.05, 4.69) is 41.3 Å². The number of rotatable bonds is 2. The quantitative estimate of drug-likeness (QED) is 0.732. The van der Waals surface area contributed by atoms with E-state index in [4.69, 9.17) is 4.74 Å². The highest BCUT2D eigenvalue weighted by molar-refractivity contribution is 5.15. The third-order valence-corrected chi connectivity index (χ3v) is 2.65. The molecule has 1 aromatic rings. The van der Waals surface area contributed by atoms with Gasteiger partial charge in [0.2, 0.25) is 0 Å². The predicted octanol–water partition coefficient (Wildman–Crippen LogP) is 2.42. The van der Waals surface area contributed by atoms with E-state index in [0.29, 0.717) is 0 Å². The topological polar surface area (TPSA) is 12.5 Å². The van der Waals surface area contributed by atoms with Crippen LogP contribution >= 0.6 is 0 Å². The summed E-state index contributed by atoms with van der Waals surface area (Å²) in [6, 6.07) is 10.6. The minimum atomic E-state index is 0.812. The molecule has 0 bridgehead atoms. The summed E-state index contributed by atoms with van der Waals surface area (Å²) >= 11 is 0. The fraction of sp³-hybridized carbons (Fsp3) is 0.385. The van der Waals surface area contributed by atoms with Gasteiger partial charge in [-0.2, -0.15) is 0 Å². The van der Waals surface area contributed by atoms with E-state index in [0.717, 1.165) is 32.0 Å².